The number of nitrogens with one attached hydrogen (secondary N) is 2. The molecule has 2 N–H and O–H groups in total. The third-order valence-electron chi connectivity index (χ3n) is 6.00. The number of imide groups is 1. The van der Waals surface area contributed by atoms with Gasteiger partial charge in [-0.2, -0.15) is 10.5 Å². The number of pyridine rings is 1. The molecule has 0 aliphatic heterocycles. The molecular weight excluding hydrogens is 578 g/mol. The maximum Gasteiger partial charge on any atom is 0.321 e. The summed E-state index contributed by atoms with van der Waals surface area (Å²) in [7, 11) is 5.39. The Balaban J connectivity index is -0.00000168. The van der Waals surface area contributed by atoms with Crippen LogP contribution in [-0.4, -0.2) is 55.9 Å². The summed E-state index contributed by atoms with van der Waals surface area (Å²) >= 11 is 0. The molecule has 0 fully saturated rings. The van der Waals surface area contributed by atoms with Crippen LogP contribution >= 0.6 is 0 Å². The van der Waals surface area contributed by atoms with Gasteiger partial charge in [-0.15, -0.1) is 0 Å². The monoisotopic (exact) mass is 633 g/mol. The minimum Gasteiger partial charge on any atom is -0.327 e. The van der Waals surface area contributed by atoms with Crippen LogP contribution in [0.25, 0.3) is 10.9 Å². The zero-order chi connectivity index (χ0) is 34.9. The van der Waals surface area contributed by atoms with Crippen molar-refractivity contribution >= 4 is 40.6 Å². The van der Waals surface area contributed by atoms with E-state index < -0.39 is 5.91 Å². The quantitative estimate of drug-likeness (QED) is 0.241. The zero-order valence-corrected chi connectivity index (χ0v) is 28.8. The molecule has 10 nitrogen and oxygen atoms in total. The van der Waals surface area contributed by atoms with Gasteiger partial charge in [0.05, 0.1) is 28.4 Å². The molecule has 10 heteroatoms. The molecule has 1 atom stereocenters. The number of carbonyl (C=O) groups is 3. The van der Waals surface area contributed by atoms with Gasteiger partial charge in [0.15, 0.2) is 0 Å². The van der Waals surface area contributed by atoms with E-state index in [4.69, 9.17) is 5.26 Å². The number of amides is 4. The first-order chi connectivity index (χ1) is 21.7. The van der Waals surface area contributed by atoms with Crippen molar-refractivity contribution in [2.24, 2.45) is 11.8 Å². The van der Waals surface area contributed by atoms with Gasteiger partial charge in [-0.05, 0) is 74.5 Å². The number of carbonyl (C=O) groups excluding carboxylic acids is 3. The number of rotatable bonds is 8. The van der Waals surface area contributed by atoms with Gasteiger partial charge in [-0.3, -0.25) is 19.5 Å². The molecule has 1 aromatic heterocycles. The van der Waals surface area contributed by atoms with Crippen LogP contribution in [-0.2, 0) is 9.59 Å². The van der Waals surface area contributed by atoms with Gasteiger partial charge in [0.25, 0.3) is 0 Å². The first-order valence-corrected chi connectivity index (χ1v) is 15.4. The lowest BCUT2D eigenvalue weighted by atomic mass is 9.91. The average molecular weight is 634 g/mol. The molecule has 4 amide bonds. The van der Waals surface area contributed by atoms with Crippen LogP contribution in [0.3, 0.4) is 0 Å². The molecule has 46 heavy (non-hydrogen) atoms. The molecule has 0 aliphatic carbocycles. The molecule has 0 bridgehead atoms. The third kappa shape index (κ3) is 14.3. The summed E-state index contributed by atoms with van der Waals surface area (Å²) in [5.41, 5.74) is 2.16. The number of nitriles is 2. The van der Waals surface area contributed by atoms with Crippen molar-refractivity contribution in [1.82, 2.24) is 15.2 Å². The second-order valence-corrected chi connectivity index (χ2v) is 9.22. The number of hydrogen-bond acceptors (Lipinski definition) is 7. The first-order valence-electron chi connectivity index (χ1n) is 15.4. The fourth-order valence-corrected chi connectivity index (χ4v) is 3.82. The normalized spacial score (nSPS) is 9.61. The fraction of sp³-hybridized carbons (Fsp3) is 0.444. The van der Waals surface area contributed by atoms with Crippen LogP contribution in [0.2, 0.25) is 0 Å². The van der Waals surface area contributed by atoms with Crippen LogP contribution < -0.4 is 15.5 Å². The first kappa shape index (κ1) is 45.6. The Morgan fingerprint density at radius 2 is 1.50 bits per heavy atom. The van der Waals surface area contributed by atoms with Gasteiger partial charge in [0.2, 0.25) is 12.3 Å². The molecule has 252 valence electrons. The Hall–Kier alpha value is -4.80. The van der Waals surface area contributed by atoms with Gasteiger partial charge in [0, 0.05) is 37.3 Å². The van der Waals surface area contributed by atoms with Crippen LogP contribution in [0.4, 0.5) is 16.2 Å². The molecule has 1 unspecified atom stereocenters. The molecule has 0 radical (unpaired) electrons. The molecule has 1 heterocycles. The van der Waals surface area contributed by atoms with Gasteiger partial charge in [-0.1, -0.05) is 62.8 Å². The molecule has 3 aromatic rings. The number of aromatic nitrogens is 1. The summed E-state index contributed by atoms with van der Waals surface area (Å²) in [6, 6.07) is 16.8. The van der Waals surface area contributed by atoms with Crippen LogP contribution in [0.15, 0.2) is 54.7 Å². The van der Waals surface area contributed by atoms with Crippen molar-refractivity contribution in [2.75, 3.05) is 37.9 Å². The third-order valence-corrected chi connectivity index (χ3v) is 6.00. The average Bonchev–Trinajstić information content (AvgIpc) is 3.08. The largest absolute Gasteiger partial charge is 0.327 e. The van der Waals surface area contributed by atoms with E-state index in [-0.39, 0.29) is 38.3 Å². The summed E-state index contributed by atoms with van der Waals surface area (Å²) in [5.74, 6) is -0.592. The lowest BCUT2D eigenvalue weighted by Crippen LogP contribution is -2.39. The minimum absolute atomic E-state index is 0. The molecule has 2 aromatic carbocycles. The van der Waals surface area contributed by atoms with Crippen molar-refractivity contribution in [1.29, 1.82) is 10.5 Å². The Kier molecular flexibility index (Phi) is 26.4. The maximum atomic E-state index is 13.3. The van der Waals surface area contributed by atoms with Gasteiger partial charge >= 0.3 is 6.03 Å². The van der Waals surface area contributed by atoms with Crippen molar-refractivity contribution in [3.8, 4) is 12.1 Å². The van der Waals surface area contributed by atoms with E-state index in [1.165, 1.54) is 11.0 Å². The molecule has 0 saturated carbocycles. The summed E-state index contributed by atoms with van der Waals surface area (Å²) in [5, 5.41) is 24.3. The minimum atomic E-state index is -0.417. The molecule has 0 aliphatic rings. The standard InChI is InChI=1S/C27H26N6O3.C2H7N.3C2H6.CH4/c1-18(2)21(16-32(3)27(36)31-22-9-6-19(14-28)7-10-22)13-25(35)33(17-34)24-11-8-20(15-29)26-23(24)5-4-12-30-26;1-3-2;3*1-2;/h4-12,17-18,21H,13,16H2,1-3H3,(H,31,36);3H,1-2H3;3*1-2H3;1H4. The Morgan fingerprint density at radius 1 is 0.935 bits per heavy atom. The molecule has 3 rings (SSSR count). The van der Waals surface area contributed by atoms with E-state index in [1.54, 1.807) is 55.7 Å². The van der Waals surface area contributed by atoms with Gasteiger partial charge in [0.1, 0.15) is 6.07 Å². The lowest BCUT2D eigenvalue weighted by Gasteiger charge is -2.28. The topological polar surface area (TPSA) is 142 Å². The summed E-state index contributed by atoms with van der Waals surface area (Å²) < 4.78 is 0. The highest BCUT2D eigenvalue weighted by Gasteiger charge is 2.26. The smallest absolute Gasteiger partial charge is 0.321 e. The van der Waals surface area contributed by atoms with Crippen molar-refractivity contribution < 1.29 is 14.4 Å². The van der Waals surface area contributed by atoms with Crippen LogP contribution in [0.5, 0.6) is 0 Å². The number of nitrogens with zero attached hydrogens (tertiary/aromatic N) is 5. The second-order valence-electron chi connectivity index (χ2n) is 9.22. The summed E-state index contributed by atoms with van der Waals surface area (Å²) in [6.45, 7) is 16.2. The highest BCUT2D eigenvalue weighted by Crippen LogP contribution is 2.29. The van der Waals surface area contributed by atoms with E-state index in [0.717, 1.165) is 4.90 Å². The molecule has 0 saturated heterocycles. The number of anilines is 2. The second kappa shape index (κ2) is 26.6. The number of urea groups is 1. The lowest BCUT2D eigenvalue weighted by molar-refractivity contribution is -0.123. The highest BCUT2D eigenvalue weighted by molar-refractivity contribution is 6.13. The van der Waals surface area contributed by atoms with Crippen LogP contribution in [0.1, 0.15) is 80.4 Å². The van der Waals surface area contributed by atoms with E-state index in [1.807, 2.05) is 75.6 Å². The number of benzene rings is 2. The van der Waals surface area contributed by atoms with E-state index in [0.29, 0.717) is 39.8 Å². The van der Waals surface area contributed by atoms with Gasteiger partial charge in [-0.25, -0.2) is 4.79 Å². The Bertz CT molecular complexity index is 1380. The van der Waals surface area contributed by atoms with Crippen molar-refractivity contribution in [3.05, 3.63) is 65.9 Å². The SMILES string of the molecule is C.CC.CC.CC.CC(C)C(CC(=O)N(C=O)c1ccc(C#N)c2ncccc12)CN(C)C(=O)Nc1ccc(C#N)cc1.CNC. The number of fused-ring (bicyclic) bond motifs is 1. The summed E-state index contributed by atoms with van der Waals surface area (Å²) in [4.78, 5) is 44.7. The van der Waals surface area contributed by atoms with E-state index in [2.05, 4.69) is 21.7 Å². The van der Waals surface area contributed by atoms with Crippen LogP contribution in [0, 0.1) is 34.5 Å². The highest BCUT2D eigenvalue weighted by atomic mass is 16.2. The Morgan fingerprint density at radius 3 is 1.98 bits per heavy atom. The number of hydrogen-bond donors (Lipinski definition) is 2. The predicted octanol–water partition coefficient (Wildman–Crippen LogP) is 7.84. The predicted molar refractivity (Wildman–Crippen MR) is 192 cm³/mol. The van der Waals surface area contributed by atoms with E-state index in [9.17, 15) is 19.6 Å². The zero-order valence-electron chi connectivity index (χ0n) is 28.8. The summed E-state index contributed by atoms with van der Waals surface area (Å²) in [6.07, 6.45) is 2.05. The van der Waals surface area contributed by atoms with E-state index >= 15 is 0 Å². The fourth-order valence-electron chi connectivity index (χ4n) is 3.82. The van der Waals surface area contributed by atoms with Crippen molar-refractivity contribution in [2.45, 2.75) is 69.2 Å². The Labute approximate surface area is 277 Å². The van der Waals surface area contributed by atoms with Gasteiger partial charge < -0.3 is 15.5 Å². The molecule has 0 spiro atoms. The molecular formula is C36H55N7O3. The maximum absolute atomic E-state index is 13.3. The van der Waals surface area contributed by atoms with Crippen molar-refractivity contribution in [3.63, 3.8) is 0 Å².